The van der Waals surface area contributed by atoms with Crippen molar-refractivity contribution >= 4 is 17.2 Å². The first-order valence-corrected chi connectivity index (χ1v) is 8.34. The van der Waals surface area contributed by atoms with Crippen LogP contribution in [0.1, 0.15) is 25.3 Å². The molecule has 3 heterocycles. The highest BCUT2D eigenvalue weighted by molar-refractivity contribution is 7.13. The smallest absolute Gasteiger partial charge is 0.236 e. The van der Waals surface area contributed by atoms with E-state index in [1.165, 1.54) is 0 Å². The fourth-order valence-corrected chi connectivity index (χ4v) is 3.24. The lowest BCUT2D eigenvalue weighted by Gasteiger charge is -2.36. The second-order valence-electron chi connectivity index (χ2n) is 5.72. The fraction of sp³-hybridized carbons (Fsp3) is 0.500. The molecular weight excluding hydrogens is 300 g/mol. The zero-order chi connectivity index (χ0) is 15.7. The van der Waals surface area contributed by atoms with Crippen LogP contribution in [0.5, 0.6) is 0 Å². The van der Waals surface area contributed by atoms with Gasteiger partial charge in [-0.3, -0.25) is 4.79 Å². The summed E-state index contributed by atoms with van der Waals surface area (Å²) in [4.78, 5) is 19.9. The van der Waals surface area contributed by atoms with E-state index in [-0.39, 0.29) is 24.5 Å². The number of carbonyl (C=O) groups is 1. The Balaban J connectivity index is 1.74. The quantitative estimate of drug-likeness (QED) is 0.872. The zero-order valence-corrected chi connectivity index (χ0v) is 13.9. The van der Waals surface area contributed by atoms with Crippen LogP contribution in [0.25, 0.3) is 10.8 Å². The molecule has 1 amide bonds. The van der Waals surface area contributed by atoms with Gasteiger partial charge in [-0.25, -0.2) is 4.98 Å². The average molecular weight is 320 g/mol. The molecule has 1 aliphatic rings. The Morgan fingerprint density at radius 2 is 2.32 bits per heavy atom. The number of morpholine rings is 1. The standard InChI is InChI=1S/C16H20N2O3S/c1-10-9-20-11(2)8-18(10)15(19)7-13-12(3)21-16(17-13)14-5-4-6-22-14/h4-6,10-11H,7-9H2,1-3H3. The molecule has 0 saturated carbocycles. The lowest BCUT2D eigenvalue weighted by molar-refractivity contribution is -0.142. The molecule has 1 fully saturated rings. The van der Waals surface area contributed by atoms with Crippen LogP contribution >= 0.6 is 11.3 Å². The molecule has 0 N–H and O–H groups in total. The lowest BCUT2D eigenvalue weighted by atomic mass is 10.1. The minimum absolute atomic E-state index is 0.0804. The zero-order valence-electron chi connectivity index (χ0n) is 13.0. The maximum absolute atomic E-state index is 12.6. The molecule has 2 aromatic rings. The van der Waals surface area contributed by atoms with Crippen LogP contribution in [0.15, 0.2) is 21.9 Å². The number of aromatic nitrogens is 1. The van der Waals surface area contributed by atoms with Gasteiger partial charge in [-0.15, -0.1) is 11.3 Å². The largest absolute Gasteiger partial charge is 0.440 e. The van der Waals surface area contributed by atoms with Gasteiger partial charge in [-0.05, 0) is 32.2 Å². The third-order valence-corrected chi connectivity index (χ3v) is 4.73. The molecular formula is C16H20N2O3S. The van der Waals surface area contributed by atoms with E-state index in [0.717, 1.165) is 10.6 Å². The van der Waals surface area contributed by atoms with Crippen molar-refractivity contribution in [2.75, 3.05) is 13.2 Å². The van der Waals surface area contributed by atoms with Gasteiger partial charge in [0.2, 0.25) is 11.8 Å². The van der Waals surface area contributed by atoms with E-state index in [1.54, 1.807) is 11.3 Å². The Kier molecular flexibility index (Phi) is 4.31. The van der Waals surface area contributed by atoms with Gasteiger partial charge >= 0.3 is 0 Å². The second-order valence-corrected chi connectivity index (χ2v) is 6.66. The first-order chi connectivity index (χ1) is 10.5. The molecule has 1 saturated heterocycles. The number of amides is 1. The Labute approximate surface area is 133 Å². The summed E-state index contributed by atoms with van der Waals surface area (Å²) in [7, 11) is 0. The van der Waals surface area contributed by atoms with E-state index in [2.05, 4.69) is 4.98 Å². The summed E-state index contributed by atoms with van der Waals surface area (Å²) < 4.78 is 11.3. The molecule has 118 valence electrons. The first-order valence-electron chi connectivity index (χ1n) is 7.46. The van der Waals surface area contributed by atoms with Crippen molar-refractivity contribution in [3.63, 3.8) is 0 Å². The number of ether oxygens (including phenoxy) is 1. The highest BCUT2D eigenvalue weighted by Gasteiger charge is 2.28. The maximum atomic E-state index is 12.6. The topological polar surface area (TPSA) is 55.6 Å². The molecule has 0 bridgehead atoms. The van der Waals surface area contributed by atoms with Crippen molar-refractivity contribution in [3.8, 4) is 10.8 Å². The van der Waals surface area contributed by atoms with Gasteiger partial charge in [0.25, 0.3) is 0 Å². The number of hydrogen-bond donors (Lipinski definition) is 0. The average Bonchev–Trinajstić information content (AvgIpc) is 3.12. The van der Waals surface area contributed by atoms with E-state index < -0.39 is 0 Å². The number of hydrogen-bond acceptors (Lipinski definition) is 5. The first kappa shape index (κ1) is 15.2. The van der Waals surface area contributed by atoms with Crippen molar-refractivity contribution in [2.24, 2.45) is 0 Å². The van der Waals surface area contributed by atoms with Crippen LogP contribution in [-0.2, 0) is 16.0 Å². The summed E-state index contributed by atoms with van der Waals surface area (Å²) in [5.74, 6) is 1.39. The second kappa shape index (κ2) is 6.22. The molecule has 6 heteroatoms. The molecule has 2 aromatic heterocycles. The van der Waals surface area contributed by atoms with Gasteiger partial charge in [-0.2, -0.15) is 0 Å². The van der Waals surface area contributed by atoms with Crippen LogP contribution in [-0.4, -0.2) is 41.1 Å². The van der Waals surface area contributed by atoms with Crippen LogP contribution in [0.2, 0.25) is 0 Å². The van der Waals surface area contributed by atoms with E-state index >= 15 is 0 Å². The molecule has 0 radical (unpaired) electrons. The Morgan fingerprint density at radius 3 is 3.05 bits per heavy atom. The third kappa shape index (κ3) is 3.08. The summed E-state index contributed by atoms with van der Waals surface area (Å²) in [6, 6.07) is 4.03. The van der Waals surface area contributed by atoms with Crippen LogP contribution in [0, 0.1) is 6.92 Å². The summed E-state index contributed by atoms with van der Waals surface area (Å²) in [5, 5.41) is 1.98. The van der Waals surface area contributed by atoms with E-state index in [0.29, 0.717) is 24.8 Å². The third-order valence-electron chi connectivity index (χ3n) is 3.87. The number of rotatable bonds is 3. The summed E-state index contributed by atoms with van der Waals surface area (Å²) >= 11 is 1.58. The van der Waals surface area contributed by atoms with Crippen LogP contribution < -0.4 is 0 Å². The SMILES string of the molecule is Cc1oc(-c2cccs2)nc1CC(=O)N1CC(C)OCC1C. The molecule has 2 atom stereocenters. The van der Waals surface area contributed by atoms with E-state index in [4.69, 9.17) is 9.15 Å². The predicted molar refractivity (Wildman–Crippen MR) is 84.8 cm³/mol. The van der Waals surface area contributed by atoms with Gasteiger partial charge in [0.1, 0.15) is 5.76 Å². The Morgan fingerprint density at radius 1 is 1.50 bits per heavy atom. The maximum Gasteiger partial charge on any atom is 0.236 e. The normalized spacial score (nSPS) is 22.0. The highest BCUT2D eigenvalue weighted by Crippen LogP contribution is 2.26. The van der Waals surface area contributed by atoms with Crippen LogP contribution in [0.4, 0.5) is 0 Å². The lowest BCUT2D eigenvalue weighted by Crippen LogP contribution is -2.50. The van der Waals surface area contributed by atoms with Crippen molar-refractivity contribution in [1.82, 2.24) is 9.88 Å². The molecule has 2 unspecified atom stereocenters. The number of carbonyl (C=O) groups excluding carboxylic acids is 1. The molecule has 1 aliphatic heterocycles. The fourth-order valence-electron chi connectivity index (χ4n) is 2.59. The van der Waals surface area contributed by atoms with E-state index in [1.807, 2.05) is 43.2 Å². The minimum Gasteiger partial charge on any atom is -0.440 e. The van der Waals surface area contributed by atoms with Crippen molar-refractivity contribution < 1.29 is 13.9 Å². The number of oxazole rings is 1. The molecule has 0 spiro atoms. The van der Waals surface area contributed by atoms with Gasteiger partial charge in [0, 0.05) is 6.54 Å². The summed E-state index contributed by atoms with van der Waals surface area (Å²) in [6.07, 6.45) is 0.359. The highest BCUT2D eigenvalue weighted by atomic mass is 32.1. The van der Waals surface area contributed by atoms with E-state index in [9.17, 15) is 4.79 Å². The van der Waals surface area contributed by atoms with Crippen molar-refractivity contribution in [3.05, 3.63) is 29.0 Å². The monoisotopic (exact) mass is 320 g/mol. The molecule has 0 aromatic carbocycles. The van der Waals surface area contributed by atoms with Gasteiger partial charge in [0.05, 0.1) is 35.7 Å². The number of thiophene rings is 1. The molecule has 0 aliphatic carbocycles. The summed E-state index contributed by atoms with van der Waals surface area (Å²) in [6.45, 7) is 7.08. The van der Waals surface area contributed by atoms with Gasteiger partial charge < -0.3 is 14.1 Å². The Bertz CT molecular complexity index is 650. The number of nitrogens with zero attached hydrogens (tertiary/aromatic N) is 2. The van der Waals surface area contributed by atoms with Crippen molar-refractivity contribution in [1.29, 1.82) is 0 Å². The molecule has 5 nitrogen and oxygen atoms in total. The number of aryl methyl sites for hydroxylation is 1. The Hall–Kier alpha value is -1.66. The van der Waals surface area contributed by atoms with Gasteiger partial charge in [-0.1, -0.05) is 6.07 Å². The van der Waals surface area contributed by atoms with Gasteiger partial charge in [0.15, 0.2) is 0 Å². The minimum atomic E-state index is 0.0804. The predicted octanol–water partition coefficient (Wildman–Crippen LogP) is 2.89. The van der Waals surface area contributed by atoms with Crippen LogP contribution in [0.3, 0.4) is 0 Å². The summed E-state index contributed by atoms with van der Waals surface area (Å²) in [5.41, 5.74) is 0.722. The van der Waals surface area contributed by atoms with Crippen molar-refractivity contribution in [2.45, 2.75) is 39.3 Å². The molecule has 22 heavy (non-hydrogen) atoms. The molecule has 3 rings (SSSR count).